The van der Waals surface area contributed by atoms with E-state index >= 15 is 0 Å². The summed E-state index contributed by atoms with van der Waals surface area (Å²) in [6, 6.07) is 15.6. The number of benzene rings is 2. The van der Waals surface area contributed by atoms with E-state index in [4.69, 9.17) is 0 Å². The van der Waals surface area contributed by atoms with Crippen molar-refractivity contribution < 1.29 is 0 Å². The van der Waals surface area contributed by atoms with Crippen molar-refractivity contribution in [3.8, 4) is 0 Å². The minimum absolute atomic E-state index is 0.00740. The van der Waals surface area contributed by atoms with E-state index in [0.29, 0.717) is 5.39 Å². The molecule has 0 spiro atoms. The molecule has 3 rings (SSSR count). The molecule has 112 valence electrons. The first-order valence-corrected chi connectivity index (χ1v) is 8.94. The van der Waals surface area contributed by atoms with E-state index in [1.807, 2.05) is 61.7 Å². The molecule has 1 unspecified atom stereocenters. The second-order valence-electron chi connectivity index (χ2n) is 5.02. The van der Waals surface area contributed by atoms with Crippen LogP contribution in [0.25, 0.3) is 10.9 Å². The average Bonchev–Trinajstić information content (AvgIpc) is 2.55. The van der Waals surface area contributed by atoms with Crippen LogP contribution >= 0.6 is 27.7 Å². The number of hydrogen-bond acceptors (Lipinski definition) is 3. The monoisotopic (exact) mass is 374 g/mol. The van der Waals surface area contributed by atoms with E-state index < -0.39 is 0 Å². The molecule has 0 aliphatic carbocycles. The maximum atomic E-state index is 13.0. The number of hydrogen-bond donors (Lipinski definition) is 0. The zero-order valence-corrected chi connectivity index (χ0v) is 14.7. The quantitative estimate of drug-likeness (QED) is 0.500. The van der Waals surface area contributed by atoms with E-state index in [1.165, 1.54) is 11.8 Å². The van der Waals surface area contributed by atoms with Gasteiger partial charge >= 0.3 is 0 Å². The van der Waals surface area contributed by atoms with Crippen LogP contribution in [-0.4, -0.2) is 15.8 Å². The number of thioether (sulfide) groups is 1. The molecule has 5 heteroatoms. The Morgan fingerprint density at radius 3 is 2.59 bits per heavy atom. The van der Waals surface area contributed by atoms with Crippen molar-refractivity contribution in [1.82, 2.24) is 9.55 Å². The van der Waals surface area contributed by atoms with Gasteiger partial charge in [0, 0.05) is 4.47 Å². The van der Waals surface area contributed by atoms with Gasteiger partial charge in [-0.15, -0.1) is 0 Å². The molecular weight excluding hydrogens is 360 g/mol. The molecule has 3 nitrogen and oxygen atoms in total. The molecule has 0 fully saturated rings. The second-order valence-corrected chi connectivity index (χ2v) is 6.71. The van der Waals surface area contributed by atoms with Crippen LogP contribution in [0, 0.1) is 0 Å². The summed E-state index contributed by atoms with van der Waals surface area (Å²) in [6.45, 7) is 2.03. The van der Waals surface area contributed by atoms with Crippen LogP contribution in [0.3, 0.4) is 0 Å². The predicted molar refractivity (Wildman–Crippen MR) is 95.7 cm³/mol. The Hall–Kier alpha value is -1.59. The Morgan fingerprint density at radius 2 is 1.91 bits per heavy atom. The lowest BCUT2D eigenvalue weighted by molar-refractivity contribution is 0.549. The smallest absolute Gasteiger partial charge is 0.262 e. The lowest BCUT2D eigenvalue weighted by Crippen LogP contribution is -2.26. The maximum absolute atomic E-state index is 13.0. The number of rotatable bonds is 3. The highest BCUT2D eigenvalue weighted by Crippen LogP contribution is 2.24. The van der Waals surface area contributed by atoms with Gasteiger partial charge in [-0.25, -0.2) is 4.98 Å². The zero-order valence-electron chi connectivity index (χ0n) is 12.3. The van der Waals surface area contributed by atoms with Gasteiger partial charge in [0.25, 0.3) is 5.56 Å². The lowest BCUT2D eigenvalue weighted by atomic mass is 10.1. The maximum Gasteiger partial charge on any atom is 0.262 e. The summed E-state index contributed by atoms with van der Waals surface area (Å²) in [4.78, 5) is 17.6. The summed E-state index contributed by atoms with van der Waals surface area (Å²) in [6.07, 6.45) is 1.95. The van der Waals surface area contributed by atoms with Crippen molar-refractivity contribution in [2.45, 2.75) is 18.1 Å². The molecule has 22 heavy (non-hydrogen) atoms. The molecule has 0 bridgehead atoms. The Bertz CT molecular complexity index is 877. The van der Waals surface area contributed by atoms with Crippen LogP contribution in [0.4, 0.5) is 0 Å². The van der Waals surface area contributed by atoms with Gasteiger partial charge in [0.2, 0.25) is 0 Å². The van der Waals surface area contributed by atoms with E-state index in [9.17, 15) is 4.79 Å². The molecule has 1 heterocycles. The molecule has 0 amide bonds. The summed E-state index contributed by atoms with van der Waals surface area (Å²) in [5.41, 5.74) is 1.82. The normalized spacial score (nSPS) is 12.5. The van der Waals surface area contributed by atoms with Crippen LogP contribution in [0.2, 0.25) is 0 Å². The molecule has 3 aromatic rings. The fraction of sp³-hybridized carbons (Fsp3) is 0.176. The predicted octanol–water partition coefficient (Wildman–Crippen LogP) is 4.49. The molecule has 0 aliphatic rings. The molecule has 0 saturated carbocycles. The van der Waals surface area contributed by atoms with Gasteiger partial charge in [-0.1, -0.05) is 58.0 Å². The third-order valence-corrected chi connectivity index (χ3v) is 4.83. The molecule has 1 aromatic heterocycles. The number of fused-ring (bicyclic) bond motifs is 1. The van der Waals surface area contributed by atoms with Gasteiger partial charge in [-0.05, 0) is 36.9 Å². The molecule has 0 aliphatic heterocycles. The van der Waals surface area contributed by atoms with Crippen LogP contribution in [-0.2, 0) is 0 Å². The fourth-order valence-corrected chi connectivity index (χ4v) is 3.51. The molecular formula is C17H15BrN2OS. The summed E-state index contributed by atoms with van der Waals surface area (Å²) in [5, 5.41) is 1.37. The van der Waals surface area contributed by atoms with Crippen LogP contribution in [0.5, 0.6) is 0 Å². The highest BCUT2D eigenvalue weighted by molar-refractivity contribution is 9.10. The van der Waals surface area contributed by atoms with Crippen molar-refractivity contribution in [3.05, 3.63) is 68.9 Å². The van der Waals surface area contributed by atoms with Gasteiger partial charge in [-0.3, -0.25) is 9.36 Å². The van der Waals surface area contributed by atoms with Crippen LogP contribution < -0.4 is 5.56 Å². The molecule has 0 N–H and O–H groups in total. The Kier molecular flexibility index (Phi) is 4.36. The molecule has 0 radical (unpaired) electrons. The SMILES string of the molecule is CSc1nc2ccc(Br)cc2c(=O)n1C(C)c1ccccc1. The Balaban J connectivity index is 2.28. The van der Waals surface area contributed by atoms with Crippen molar-refractivity contribution >= 4 is 38.6 Å². The molecule has 0 saturated heterocycles. The fourth-order valence-electron chi connectivity index (χ4n) is 2.52. The average molecular weight is 375 g/mol. The van der Waals surface area contributed by atoms with E-state index in [1.54, 1.807) is 4.57 Å². The Morgan fingerprint density at radius 1 is 1.18 bits per heavy atom. The van der Waals surface area contributed by atoms with Crippen molar-refractivity contribution in [2.24, 2.45) is 0 Å². The minimum Gasteiger partial charge on any atom is -0.280 e. The molecule has 2 aromatic carbocycles. The first-order chi connectivity index (χ1) is 10.6. The topological polar surface area (TPSA) is 34.9 Å². The van der Waals surface area contributed by atoms with E-state index in [2.05, 4.69) is 20.9 Å². The number of aromatic nitrogens is 2. The van der Waals surface area contributed by atoms with Crippen molar-refractivity contribution in [1.29, 1.82) is 0 Å². The summed E-state index contributed by atoms with van der Waals surface area (Å²) in [7, 11) is 0. The summed E-state index contributed by atoms with van der Waals surface area (Å²) in [5.74, 6) is 0. The minimum atomic E-state index is -0.0629. The largest absolute Gasteiger partial charge is 0.280 e. The summed E-state index contributed by atoms with van der Waals surface area (Å²) < 4.78 is 2.66. The molecule has 1 atom stereocenters. The van der Waals surface area contributed by atoms with Crippen molar-refractivity contribution in [3.63, 3.8) is 0 Å². The first kappa shape index (κ1) is 15.3. The highest BCUT2D eigenvalue weighted by atomic mass is 79.9. The van der Waals surface area contributed by atoms with Gasteiger partial charge in [0.1, 0.15) is 0 Å². The van der Waals surface area contributed by atoms with Gasteiger partial charge in [0.05, 0.1) is 16.9 Å². The Labute approximate surface area is 141 Å². The highest BCUT2D eigenvalue weighted by Gasteiger charge is 2.17. The third-order valence-electron chi connectivity index (χ3n) is 3.68. The standard InChI is InChI=1S/C17H15BrN2OS/c1-11(12-6-4-3-5-7-12)20-16(21)14-10-13(18)8-9-15(14)19-17(20)22-2/h3-11H,1-2H3. The van der Waals surface area contributed by atoms with Gasteiger partial charge in [0.15, 0.2) is 5.16 Å². The van der Waals surface area contributed by atoms with E-state index in [0.717, 1.165) is 20.7 Å². The third kappa shape index (κ3) is 2.71. The lowest BCUT2D eigenvalue weighted by Gasteiger charge is -2.19. The van der Waals surface area contributed by atoms with Gasteiger partial charge < -0.3 is 0 Å². The number of nitrogens with zero attached hydrogens (tertiary/aromatic N) is 2. The van der Waals surface area contributed by atoms with Gasteiger partial charge in [-0.2, -0.15) is 0 Å². The summed E-state index contributed by atoms with van der Waals surface area (Å²) >= 11 is 4.92. The number of halogens is 1. The first-order valence-electron chi connectivity index (χ1n) is 6.92. The van der Waals surface area contributed by atoms with Crippen LogP contribution in [0.15, 0.2) is 63.0 Å². The van der Waals surface area contributed by atoms with Crippen LogP contribution in [0.1, 0.15) is 18.5 Å². The zero-order chi connectivity index (χ0) is 15.7. The van der Waals surface area contributed by atoms with E-state index in [-0.39, 0.29) is 11.6 Å². The van der Waals surface area contributed by atoms with Crippen molar-refractivity contribution in [2.75, 3.05) is 6.26 Å². The second kappa shape index (κ2) is 6.26.